The molecule has 102 valence electrons. The van der Waals surface area contributed by atoms with Crippen LogP contribution < -0.4 is 0 Å². The highest BCUT2D eigenvalue weighted by molar-refractivity contribution is 9.13. The van der Waals surface area contributed by atoms with Gasteiger partial charge in [-0.15, -0.1) is 0 Å². The van der Waals surface area contributed by atoms with E-state index in [-0.39, 0.29) is 0 Å². The summed E-state index contributed by atoms with van der Waals surface area (Å²) in [6.45, 7) is 1.83. The standard InChI is InChI=1S/C12H12Br3N3O/c1-19-17-3-2-7(6-17)18-11-5-9(14)8(13)4-10(11)16-12(18)15/h4-5,7H,2-3,6H2,1H3/t7-/m0/s1. The summed E-state index contributed by atoms with van der Waals surface area (Å²) in [5, 5.41) is 1.98. The van der Waals surface area contributed by atoms with E-state index in [9.17, 15) is 0 Å². The predicted octanol–water partition coefficient (Wildman–Crippen LogP) is 4.13. The van der Waals surface area contributed by atoms with Gasteiger partial charge in [0.1, 0.15) is 0 Å². The summed E-state index contributed by atoms with van der Waals surface area (Å²) in [6, 6.07) is 4.52. The fourth-order valence-electron chi connectivity index (χ4n) is 2.50. The second-order valence-electron chi connectivity index (χ2n) is 4.52. The zero-order valence-electron chi connectivity index (χ0n) is 10.2. The van der Waals surface area contributed by atoms with Crippen molar-refractivity contribution in [1.82, 2.24) is 14.6 Å². The van der Waals surface area contributed by atoms with Crippen LogP contribution in [-0.4, -0.2) is 34.8 Å². The molecule has 0 radical (unpaired) electrons. The summed E-state index contributed by atoms with van der Waals surface area (Å²) in [5.74, 6) is 0. The van der Waals surface area contributed by atoms with Gasteiger partial charge in [-0.05, 0) is 66.3 Å². The molecule has 0 unspecified atom stereocenters. The monoisotopic (exact) mass is 451 g/mol. The van der Waals surface area contributed by atoms with Crippen molar-refractivity contribution in [3.05, 3.63) is 25.8 Å². The molecular formula is C12H12Br3N3O. The first-order chi connectivity index (χ1) is 9.10. The highest BCUT2D eigenvalue weighted by Gasteiger charge is 2.27. The molecule has 1 fully saturated rings. The van der Waals surface area contributed by atoms with Crippen molar-refractivity contribution in [3.8, 4) is 0 Å². The molecule has 0 bridgehead atoms. The third-order valence-corrected chi connectivity index (χ3v) is 5.84. The molecule has 19 heavy (non-hydrogen) atoms. The predicted molar refractivity (Wildman–Crippen MR) is 85.1 cm³/mol. The second-order valence-corrected chi connectivity index (χ2v) is 6.94. The smallest absolute Gasteiger partial charge is 0.178 e. The Hall–Kier alpha value is 0.0500. The van der Waals surface area contributed by atoms with Gasteiger partial charge in [0, 0.05) is 22.0 Å². The Morgan fingerprint density at radius 2 is 2.00 bits per heavy atom. The van der Waals surface area contributed by atoms with Crippen LogP contribution in [0.5, 0.6) is 0 Å². The van der Waals surface area contributed by atoms with Gasteiger partial charge in [0.25, 0.3) is 0 Å². The van der Waals surface area contributed by atoms with Crippen molar-refractivity contribution in [1.29, 1.82) is 0 Å². The van der Waals surface area contributed by atoms with Gasteiger partial charge in [0.15, 0.2) is 4.73 Å². The molecule has 2 heterocycles. The molecule has 0 aliphatic carbocycles. The fourth-order valence-corrected chi connectivity index (χ4v) is 3.83. The number of aromatic nitrogens is 2. The number of hydrogen-bond donors (Lipinski definition) is 0. The lowest BCUT2D eigenvalue weighted by atomic mass is 10.2. The first kappa shape index (κ1) is 14.0. The maximum atomic E-state index is 5.30. The van der Waals surface area contributed by atoms with E-state index in [1.165, 1.54) is 0 Å². The van der Waals surface area contributed by atoms with Crippen LogP contribution in [0.3, 0.4) is 0 Å². The van der Waals surface area contributed by atoms with Gasteiger partial charge in [-0.1, -0.05) is 0 Å². The molecule has 1 saturated heterocycles. The van der Waals surface area contributed by atoms with Crippen molar-refractivity contribution in [3.63, 3.8) is 0 Å². The Labute approximate surface area is 136 Å². The zero-order valence-corrected chi connectivity index (χ0v) is 15.0. The quantitative estimate of drug-likeness (QED) is 0.685. The third-order valence-electron chi connectivity index (χ3n) is 3.44. The van der Waals surface area contributed by atoms with Gasteiger partial charge in [-0.2, -0.15) is 5.06 Å². The fraction of sp³-hybridized carbons (Fsp3) is 0.417. The molecule has 1 aromatic carbocycles. The van der Waals surface area contributed by atoms with Gasteiger partial charge in [0.05, 0.1) is 24.2 Å². The van der Waals surface area contributed by atoms with Crippen molar-refractivity contribution in [2.45, 2.75) is 12.5 Å². The molecule has 1 aliphatic heterocycles. The van der Waals surface area contributed by atoms with E-state index in [2.05, 4.69) is 63.4 Å². The van der Waals surface area contributed by atoms with Crippen molar-refractivity contribution in [2.24, 2.45) is 0 Å². The van der Waals surface area contributed by atoms with Crippen LogP contribution in [0.4, 0.5) is 0 Å². The normalized spacial score (nSPS) is 20.5. The minimum Gasteiger partial charge on any atom is -0.314 e. The van der Waals surface area contributed by atoms with E-state index in [4.69, 9.17) is 4.84 Å². The van der Waals surface area contributed by atoms with Crippen molar-refractivity contribution < 1.29 is 4.84 Å². The average molecular weight is 454 g/mol. The highest BCUT2D eigenvalue weighted by atomic mass is 79.9. The number of imidazole rings is 1. The molecule has 0 amide bonds. The van der Waals surface area contributed by atoms with Crippen molar-refractivity contribution >= 4 is 58.8 Å². The minimum absolute atomic E-state index is 0.382. The number of hydroxylamine groups is 2. The molecule has 7 heteroatoms. The Kier molecular flexibility index (Phi) is 4.01. The number of hydrogen-bond acceptors (Lipinski definition) is 3. The van der Waals surface area contributed by atoms with Crippen LogP contribution in [0.15, 0.2) is 25.8 Å². The molecule has 1 aliphatic rings. The lowest BCUT2D eigenvalue weighted by molar-refractivity contribution is -0.114. The first-order valence-corrected chi connectivity index (χ1v) is 8.29. The SMILES string of the molecule is CON1CC[C@H](n2c(Br)nc3cc(Br)c(Br)cc32)C1. The third kappa shape index (κ3) is 2.51. The van der Waals surface area contributed by atoms with E-state index in [0.29, 0.717) is 6.04 Å². The van der Waals surface area contributed by atoms with Gasteiger partial charge in [-0.3, -0.25) is 0 Å². The number of nitrogens with zero attached hydrogens (tertiary/aromatic N) is 3. The molecule has 0 saturated carbocycles. The lowest BCUT2D eigenvalue weighted by Gasteiger charge is -2.16. The van der Waals surface area contributed by atoms with E-state index < -0.39 is 0 Å². The summed E-state index contributed by atoms with van der Waals surface area (Å²) < 4.78 is 5.17. The van der Waals surface area contributed by atoms with E-state index >= 15 is 0 Å². The van der Waals surface area contributed by atoms with Crippen molar-refractivity contribution in [2.75, 3.05) is 20.2 Å². The van der Waals surface area contributed by atoms with Crippen LogP contribution in [0.25, 0.3) is 11.0 Å². The Bertz CT molecular complexity index is 628. The molecule has 4 nitrogen and oxygen atoms in total. The first-order valence-electron chi connectivity index (χ1n) is 5.91. The van der Waals surface area contributed by atoms with Crippen LogP contribution in [-0.2, 0) is 4.84 Å². The summed E-state index contributed by atoms with van der Waals surface area (Å²) in [7, 11) is 1.72. The minimum atomic E-state index is 0.382. The summed E-state index contributed by atoms with van der Waals surface area (Å²) >= 11 is 10.6. The zero-order chi connectivity index (χ0) is 13.6. The molecular weight excluding hydrogens is 442 g/mol. The van der Waals surface area contributed by atoms with Crippen LogP contribution in [0.1, 0.15) is 12.5 Å². The molecule has 0 N–H and O–H groups in total. The highest BCUT2D eigenvalue weighted by Crippen LogP contribution is 2.34. The Balaban J connectivity index is 2.08. The van der Waals surface area contributed by atoms with E-state index in [1.54, 1.807) is 7.11 Å². The largest absolute Gasteiger partial charge is 0.314 e. The van der Waals surface area contributed by atoms with Gasteiger partial charge >= 0.3 is 0 Å². The molecule has 0 spiro atoms. The summed E-state index contributed by atoms with van der Waals surface area (Å²) in [4.78, 5) is 9.88. The number of fused-ring (bicyclic) bond motifs is 1. The molecule has 3 rings (SSSR count). The maximum Gasteiger partial charge on any atom is 0.178 e. The number of halogens is 3. The maximum absolute atomic E-state index is 5.30. The summed E-state index contributed by atoms with van der Waals surface area (Å²) in [5.41, 5.74) is 2.11. The van der Waals surface area contributed by atoms with Crippen LogP contribution in [0.2, 0.25) is 0 Å². The molecule has 1 aromatic heterocycles. The second kappa shape index (κ2) is 5.44. The Morgan fingerprint density at radius 3 is 2.68 bits per heavy atom. The summed E-state index contributed by atoms with van der Waals surface area (Å²) in [6.07, 6.45) is 1.06. The molecule has 2 aromatic rings. The van der Waals surface area contributed by atoms with E-state index in [0.717, 1.165) is 44.2 Å². The van der Waals surface area contributed by atoms with Crippen LogP contribution in [0, 0.1) is 0 Å². The molecule has 1 atom stereocenters. The lowest BCUT2D eigenvalue weighted by Crippen LogP contribution is -2.20. The number of benzene rings is 1. The van der Waals surface area contributed by atoms with Gasteiger partial charge in [-0.25, -0.2) is 4.98 Å². The van der Waals surface area contributed by atoms with Gasteiger partial charge < -0.3 is 9.40 Å². The average Bonchev–Trinajstić information content (AvgIpc) is 2.94. The van der Waals surface area contributed by atoms with Gasteiger partial charge in [0.2, 0.25) is 0 Å². The topological polar surface area (TPSA) is 30.3 Å². The number of rotatable bonds is 2. The van der Waals surface area contributed by atoms with Crippen LogP contribution >= 0.6 is 47.8 Å². The Morgan fingerprint density at radius 1 is 1.26 bits per heavy atom. The van der Waals surface area contributed by atoms with E-state index in [1.807, 2.05) is 11.1 Å².